The van der Waals surface area contributed by atoms with Crippen LogP contribution in [-0.4, -0.2) is 38.0 Å². The predicted octanol–water partition coefficient (Wildman–Crippen LogP) is 3.21. The zero-order chi connectivity index (χ0) is 23.0. The van der Waals surface area contributed by atoms with Crippen LogP contribution in [-0.2, 0) is 10.0 Å². The molecule has 1 aliphatic carbocycles. The molecule has 1 aliphatic rings. The molecular formula is C20H20F4N2O4S. The standard InChI is InChI=1S/C20H20F4N2O4S/c1-11-6-14(3-5-15(11)21)26-18(27)13-2-4-16(22)17(7-13)31(29,30)25-10-12-8-20(28,9-12)19(23)24/h2-7,12,19,25,28H,8-10H2,1H3,(H,26,27). The van der Waals surface area contributed by atoms with Gasteiger partial charge in [-0.05, 0) is 67.6 Å². The molecule has 0 bridgehead atoms. The first kappa shape index (κ1) is 23.2. The topological polar surface area (TPSA) is 95.5 Å². The Labute approximate surface area is 176 Å². The molecule has 2 aromatic carbocycles. The minimum absolute atomic E-state index is 0.153. The van der Waals surface area contributed by atoms with E-state index >= 15 is 0 Å². The zero-order valence-electron chi connectivity index (χ0n) is 16.3. The van der Waals surface area contributed by atoms with Gasteiger partial charge in [0.2, 0.25) is 10.0 Å². The fraction of sp³-hybridized carbons (Fsp3) is 0.350. The predicted molar refractivity (Wildman–Crippen MR) is 104 cm³/mol. The summed E-state index contributed by atoms with van der Waals surface area (Å²) in [5.41, 5.74) is -1.72. The van der Waals surface area contributed by atoms with Gasteiger partial charge in [-0.25, -0.2) is 30.7 Å². The second-order valence-corrected chi connectivity index (χ2v) is 9.33. The average molecular weight is 460 g/mol. The molecule has 31 heavy (non-hydrogen) atoms. The summed E-state index contributed by atoms with van der Waals surface area (Å²) in [5.74, 6) is -2.81. The highest BCUT2D eigenvalue weighted by atomic mass is 32.2. The van der Waals surface area contributed by atoms with Crippen LogP contribution in [0.3, 0.4) is 0 Å². The van der Waals surface area contributed by atoms with E-state index in [0.29, 0.717) is 5.56 Å². The van der Waals surface area contributed by atoms with Crippen LogP contribution in [0.5, 0.6) is 0 Å². The smallest absolute Gasteiger partial charge is 0.266 e. The number of anilines is 1. The van der Waals surface area contributed by atoms with Gasteiger partial charge in [0.15, 0.2) is 0 Å². The van der Waals surface area contributed by atoms with E-state index in [0.717, 1.165) is 24.3 Å². The van der Waals surface area contributed by atoms with E-state index in [1.807, 2.05) is 0 Å². The van der Waals surface area contributed by atoms with Crippen molar-refractivity contribution in [3.8, 4) is 0 Å². The third-order valence-corrected chi connectivity index (χ3v) is 6.59. The summed E-state index contributed by atoms with van der Waals surface area (Å²) in [6.45, 7) is 1.24. The number of halogens is 4. The number of benzene rings is 2. The fourth-order valence-electron chi connectivity index (χ4n) is 3.34. The summed E-state index contributed by atoms with van der Waals surface area (Å²) >= 11 is 0. The van der Waals surface area contributed by atoms with E-state index in [2.05, 4.69) is 10.0 Å². The molecule has 0 unspecified atom stereocenters. The Morgan fingerprint density at radius 2 is 1.81 bits per heavy atom. The Hall–Kier alpha value is -2.50. The Balaban J connectivity index is 1.70. The normalized spacial score (nSPS) is 21.1. The van der Waals surface area contributed by atoms with Crippen LogP contribution in [0.1, 0.15) is 28.8 Å². The molecule has 0 saturated heterocycles. The molecule has 0 atom stereocenters. The third-order valence-electron chi connectivity index (χ3n) is 5.15. The summed E-state index contributed by atoms with van der Waals surface area (Å²) < 4.78 is 79.9. The second kappa shape index (κ2) is 8.56. The number of amides is 1. The quantitative estimate of drug-likeness (QED) is 0.553. The molecular weight excluding hydrogens is 440 g/mol. The van der Waals surface area contributed by atoms with E-state index in [1.165, 1.54) is 19.1 Å². The van der Waals surface area contributed by atoms with Crippen LogP contribution in [0.2, 0.25) is 0 Å². The van der Waals surface area contributed by atoms with Crippen LogP contribution >= 0.6 is 0 Å². The van der Waals surface area contributed by atoms with Gasteiger partial charge in [0, 0.05) is 17.8 Å². The number of rotatable bonds is 7. The molecule has 11 heteroatoms. The van der Waals surface area contributed by atoms with Crippen molar-refractivity contribution in [3.05, 3.63) is 59.2 Å². The van der Waals surface area contributed by atoms with Crippen molar-refractivity contribution in [3.63, 3.8) is 0 Å². The molecule has 168 valence electrons. The van der Waals surface area contributed by atoms with Crippen molar-refractivity contribution in [2.75, 3.05) is 11.9 Å². The number of hydrogen-bond donors (Lipinski definition) is 3. The number of carbonyl (C=O) groups excluding carboxylic acids is 1. The second-order valence-electron chi connectivity index (χ2n) is 7.59. The lowest BCUT2D eigenvalue weighted by Gasteiger charge is -2.42. The highest BCUT2D eigenvalue weighted by molar-refractivity contribution is 7.89. The number of hydrogen-bond acceptors (Lipinski definition) is 4. The highest BCUT2D eigenvalue weighted by Gasteiger charge is 2.49. The summed E-state index contributed by atoms with van der Waals surface area (Å²) in [6.07, 6.45) is -3.50. The minimum atomic E-state index is -4.38. The van der Waals surface area contributed by atoms with E-state index in [4.69, 9.17) is 0 Å². The first-order chi connectivity index (χ1) is 14.4. The molecule has 2 aromatic rings. The van der Waals surface area contributed by atoms with E-state index in [9.17, 15) is 35.9 Å². The molecule has 3 rings (SSSR count). The monoisotopic (exact) mass is 460 g/mol. The molecule has 0 heterocycles. The van der Waals surface area contributed by atoms with Crippen molar-refractivity contribution in [1.29, 1.82) is 0 Å². The van der Waals surface area contributed by atoms with Gasteiger partial charge in [-0.2, -0.15) is 0 Å². The first-order valence-electron chi connectivity index (χ1n) is 9.28. The minimum Gasteiger partial charge on any atom is -0.384 e. The SMILES string of the molecule is Cc1cc(NC(=O)c2ccc(F)c(S(=O)(=O)NCC3CC(O)(C(F)F)C3)c2)ccc1F. The number of alkyl halides is 2. The molecule has 0 aliphatic heterocycles. The summed E-state index contributed by atoms with van der Waals surface area (Å²) in [4.78, 5) is 11.6. The highest BCUT2D eigenvalue weighted by Crippen LogP contribution is 2.41. The van der Waals surface area contributed by atoms with Gasteiger partial charge in [0.25, 0.3) is 12.3 Å². The van der Waals surface area contributed by atoms with Crippen molar-refractivity contribution in [1.82, 2.24) is 4.72 Å². The number of aryl methyl sites for hydroxylation is 1. The first-order valence-corrected chi connectivity index (χ1v) is 10.8. The number of nitrogens with one attached hydrogen (secondary N) is 2. The summed E-state index contributed by atoms with van der Waals surface area (Å²) in [5, 5.41) is 12.0. The maximum atomic E-state index is 14.2. The molecule has 1 saturated carbocycles. The van der Waals surface area contributed by atoms with Crippen LogP contribution in [0.15, 0.2) is 41.3 Å². The van der Waals surface area contributed by atoms with Crippen molar-refractivity contribution < 1.29 is 35.9 Å². The molecule has 0 radical (unpaired) electrons. The van der Waals surface area contributed by atoms with E-state index in [-0.39, 0.29) is 30.6 Å². The Bertz CT molecular complexity index is 1100. The van der Waals surface area contributed by atoms with Gasteiger partial charge in [-0.15, -0.1) is 0 Å². The maximum absolute atomic E-state index is 14.2. The molecule has 1 fully saturated rings. The van der Waals surface area contributed by atoms with Crippen molar-refractivity contribution in [2.24, 2.45) is 5.92 Å². The molecule has 3 N–H and O–H groups in total. The van der Waals surface area contributed by atoms with Crippen LogP contribution in [0.25, 0.3) is 0 Å². The van der Waals surface area contributed by atoms with Crippen molar-refractivity contribution >= 4 is 21.6 Å². The number of carbonyl (C=O) groups is 1. The lowest BCUT2D eigenvalue weighted by molar-refractivity contribution is -0.166. The van der Waals surface area contributed by atoms with Gasteiger partial charge >= 0.3 is 0 Å². The fourth-order valence-corrected chi connectivity index (χ4v) is 4.56. The lowest BCUT2D eigenvalue weighted by Crippen LogP contribution is -2.52. The van der Waals surface area contributed by atoms with Crippen LogP contribution in [0.4, 0.5) is 23.2 Å². The van der Waals surface area contributed by atoms with Crippen LogP contribution < -0.4 is 10.0 Å². The van der Waals surface area contributed by atoms with Gasteiger partial charge in [-0.3, -0.25) is 4.79 Å². The molecule has 0 spiro atoms. The average Bonchev–Trinajstić information content (AvgIpc) is 2.67. The Morgan fingerprint density at radius 1 is 1.16 bits per heavy atom. The molecule has 6 nitrogen and oxygen atoms in total. The maximum Gasteiger partial charge on any atom is 0.266 e. The molecule has 1 amide bonds. The van der Waals surface area contributed by atoms with Crippen molar-refractivity contribution in [2.45, 2.75) is 36.7 Å². The molecule has 0 aromatic heterocycles. The number of aliphatic hydroxyl groups is 1. The van der Waals surface area contributed by atoms with E-state index < -0.39 is 50.4 Å². The lowest BCUT2D eigenvalue weighted by atomic mass is 9.71. The number of sulfonamides is 1. The summed E-state index contributed by atoms with van der Waals surface area (Å²) in [6, 6.07) is 6.62. The van der Waals surface area contributed by atoms with E-state index in [1.54, 1.807) is 0 Å². The Kier molecular flexibility index (Phi) is 6.40. The van der Waals surface area contributed by atoms with Crippen LogP contribution in [0, 0.1) is 24.5 Å². The Morgan fingerprint density at radius 3 is 2.42 bits per heavy atom. The van der Waals surface area contributed by atoms with Gasteiger partial charge in [0.05, 0.1) is 0 Å². The third kappa shape index (κ3) is 5.05. The van der Waals surface area contributed by atoms with Gasteiger partial charge in [0.1, 0.15) is 22.1 Å². The van der Waals surface area contributed by atoms with Gasteiger partial charge < -0.3 is 10.4 Å². The largest absolute Gasteiger partial charge is 0.384 e. The zero-order valence-corrected chi connectivity index (χ0v) is 17.1. The summed E-state index contributed by atoms with van der Waals surface area (Å²) in [7, 11) is -4.38. The van der Waals surface area contributed by atoms with Gasteiger partial charge in [-0.1, -0.05) is 0 Å².